The predicted octanol–water partition coefficient (Wildman–Crippen LogP) is 4.38. The van der Waals surface area contributed by atoms with Gasteiger partial charge < -0.3 is 4.74 Å². The monoisotopic (exact) mass is 356 g/mol. The molecule has 0 unspecified atom stereocenters. The molecule has 0 saturated carbocycles. The molecule has 124 valence electrons. The van der Waals surface area contributed by atoms with Crippen LogP contribution >= 0.6 is 11.6 Å². The molecule has 0 aliphatic heterocycles. The molecular weight excluding hydrogens is 339 g/mol. The Labute approximate surface area is 141 Å². The molecule has 2 rings (SSSR count). The van der Waals surface area contributed by atoms with Crippen molar-refractivity contribution in [1.82, 2.24) is 0 Å². The van der Waals surface area contributed by atoms with Crippen molar-refractivity contribution in [3.63, 3.8) is 0 Å². The number of para-hydroxylation sites is 1. The molecule has 0 radical (unpaired) electrons. The zero-order chi connectivity index (χ0) is 17.0. The van der Waals surface area contributed by atoms with Crippen molar-refractivity contribution in [3.8, 4) is 5.75 Å². The Kier molecular flexibility index (Phi) is 5.65. The van der Waals surface area contributed by atoms with Gasteiger partial charge in [-0.1, -0.05) is 35.9 Å². The van der Waals surface area contributed by atoms with E-state index in [2.05, 4.69) is 0 Å². The number of ether oxygens (including phenoxy) is 1. The SMILES string of the molecule is CC(C)Oc1ccccc1CS(=O)(=O)Cc1ccc(F)cc1Cl. The second-order valence-electron chi connectivity index (χ2n) is 5.54. The lowest BCUT2D eigenvalue weighted by Gasteiger charge is -2.14. The molecule has 0 aromatic heterocycles. The highest BCUT2D eigenvalue weighted by Crippen LogP contribution is 2.25. The first-order valence-corrected chi connectivity index (χ1v) is 9.35. The van der Waals surface area contributed by atoms with E-state index in [0.29, 0.717) is 16.9 Å². The fourth-order valence-corrected chi connectivity index (χ4v) is 4.01. The van der Waals surface area contributed by atoms with Crippen LogP contribution in [0.25, 0.3) is 0 Å². The minimum atomic E-state index is -3.47. The van der Waals surface area contributed by atoms with Crippen LogP contribution in [0.4, 0.5) is 4.39 Å². The molecule has 3 nitrogen and oxygen atoms in total. The van der Waals surface area contributed by atoms with Crippen molar-refractivity contribution in [2.24, 2.45) is 0 Å². The molecule has 0 aliphatic carbocycles. The maximum Gasteiger partial charge on any atom is 0.158 e. The van der Waals surface area contributed by atoms with Gasteiger partial charge in [-0.15, -0.1) is 0 Å². The second kappa shape index (κ2) is 7.32. The van der Waals surface area contributed by atoms with Gasteiger partial charge in [0, 0.05) is 10.6 Å². The molecule has 0 N–H and O–H groups in total. The summed E-state index contributed by atoms with van der Waals surface area (Å²) in [5.74, 6) is -0.353. The lowest BCUT2D eigenvalue weighted by Crippen LogP contribution is -2.12. The molecular formula is C17H18ClFO3S. The summed E-state index contributed by atoms with van der Waals surface area (Å²) in [5.41, 5.74) is 0.981. The Balaban J connectivity index is 2.22. The fraction of sp³-hybridized carbons (Fsp3) is 0.294. The van der Waals surface area contributed by atoms with E-state index in [1.165, 1.54) is 12.1 Å². The Morgan fingerprint density at radius 2 is 1.74 bits per heavy atom. The van der Waals surface area contributed by atoms with E-state index < -0.39 is 15.7 Å². The smallest absolute Gasteiger partial charge is 0.158 e. The summed E-state index contributed by atoms with van der Waals surface area (Å²) in [6, 6.07) is 10.7. The molecule has 23 heavy (non-hydrogen) atoms. The van der Waals surface area contributed by atoms with Gasteiger partial charge >= 0.3 is 0 Å². The van der Waals surface area contributed by atoms with Gasteiger partial charge in [0.2, 0.25) is 0 Å². The van der Waals surface area contributed by atoms with Gasteiger partial charge in [0.15, 0.2) is 9.84 Å². The minimum Gasteiger partial charge on any atom is -0.491 e. The van der Waals surface area contributed by atoms with Crippen LogP contribution in [0.3, 0.4) is 0 Å². The number of hydrogen-bond donors (Lipinski definition) is 0. The van der Waals surface area contributed by atoms with E-state index in [9.17, 15) is 12.8 Å². The van der Waals surface area contributed by atoms with E-state index in [0.717, 1.165) is 6.07 Å². The van der Waals surface area contributed by atoms with Crippen LogP contribution in [0.5, 0.6) is 5.75 Å². The van der Waals surface area contributed by atoms with Crippen molar-refractivity contribution in [2.45, 2.75) is 31.5 Å². The largest absolute Gasteiger partial charge is 0.491 e. The van der Waals surface area contributed by atoms with E-state index in [1.807, 2.05) is 13.8 Å². The Hall–Kier alpha value is -1.59. The summed E-state index contributed by atoms with van der Waals surface area (Å²) in [6.45, 7) is 3.76. The van der Waals surface area contributed by atoms with Gasteiger partial charge in [-0.3, -0.25) is 0 Å². The third-order valence-corrected chi connectivity index (χ3v) is 4.95. The zero-order valence-electron chi connectivity index (χ0n) is 12.9. The summed E-state index contributed by atoms with van der Waals surface area (Å²) in [7, 11) is -3.47. The summed E-state index contributed by atoms with van der Waals surface area (Å²) < 4.78 is 43.6. The molecule has 2 aromatic rings. The first-order valence-electron chi connectivity index (χ1n) is 7.16. The number of rotatable bonds is 6. The van der Waals surface area contributed by atoms with Crippen molar-refractivity contribution in [3.05, 3.63) is 64.4 Å². The quantitative estimate of drug-likeness (QED) is 0.771. The molecule has 0 saturated heterocycles. The highest BCUT2D eigenvalue weighted by molar-refractivity contribution is 7.89. The van der Waals surface area contributed by atoms with Crippen LogP contribution in [0.1, 0.15) is 25.0 Å². The van der Waals surface area contributed by atoms with Crippen molar-refractivity contribution in [2.75, 3.05) is 0 Å². The third-order valence-electron chi connectivity index (χ3n) is 3.10. The van der Waals surface area contributed by atoms with Crippen LogP contribution in [0.2, 0.25) is 5.02 Å². The van der Waals surface area contributed by atoms with Crippen molar-refractivity contribution in [1.29, 1.82) is 0 Å². The van der Waals surface area contributed by atoms with Gasteiger partial charge in [0.25, 0.3) is 0 Å². The maximum absolute atomic E-state index is 13.1. The molecule has 0 aliphatic rings. The zero-order valence-corrected chi connectivity index (χ0v) is 14.5. The van der Waals surface area contributed by atoms with E-state index in [4.69, 9.17) is 16.3 Å². The summed E-state index contributed by atoms with van der Waals surface area (Å²) in [6.07, 6.45) is -0.0506. The molecule has 0 fully saturated rings. The number of halogens is 2. The summed E-state index contributed by atoms with van der Waals surface area (Å²) in [5, 5.41) is 0.111. The highest BCUT2D eigenvalue weighted by Gasteiger charge is 2.18. The van der Waals surface area contributed by atoms with Crippen LogP contribution in [0, 0.1) is 5.82 Å². The van der Waals surface area contributed by atoms with E-state index in [-0.39, 0.29) is 22.6 Å². The van der Waals surface area contributed by atoms with Gasteiger partial charge in [-0.25, -0.2) is 12.8 Å². The third kappa shape index (κ3) is 5.22. The van der Waals surface area contributed by atoms with Crippen molar-refractivity contribution < 1.29 is 17.5 Å². The lowest BCUT2D eigenvalue weighted by molar-refractivity contribution is 0.240. The maximum atomic E-state index is 13.1. The number of sulfone groups is 1. The average Bonchev–Trinajstić information content (AvgIpc) is 2.43. The van der Waals surface area contributed by atoms with Crippen LogP contribution in [-0.4, -0.2) is 14.5 Å². The van der Waals surface area contributed by atoms with Gasteiger partial charge in [0.1, 0.15) is 11.6 Å². The average molecular weight is 357 g/mol. The van der Waals surface area contributed by atoms with Gasteiger partial charge in [0.05, 0.1) is 17.6 Å². The fourth-order valence-electron chi connectivity index (χ4n) is 2.16. The van der Waals surface area contributed by atoms with E-state index in [1.54, 1.807) is 24.3 Å². The van der Waals surface area contributed by atoms with Crippen LogP contribution in [-0.2, 0) is 21.3 Å². The molecule has 0 bridgehead atoms. The molecule has 2 aromatic carbocycles. The second-order valence-corrected chi connectivity index (χ2v) is 8.01. The first kappa shape index (κ1) is 17.8. The van der Waals surface area contributed by atoms with Crippen LogP contribution < -0.4 is 4.74 Å². The summed E-state index contributed by atoms with van der Waals surface area (Å²) >= 11 is 5.91. The molecule has 0 amide bonds. The Bertz CT molecular complexity index is 788. The van der Waals surface area contributed by atoms with E-state index >= 15 is 0 Å². The molecule has 6 heteroatoms. The Morgan fingerprint density at radius 1 is 1.09 bits per heavy atom. The topological polar surface area (TPSA) is 43.4 Å². The highest BCUT2D eigenvalue weighted by atomic mass is 35.5. The first-order chi connectivity index (χ1) is 10.8. The lowest BCUT2D eigenvalue weighted by atomic mass is 10.2. The number of benzene rings is 2. The minimum absolute atomic E-state index is 0.0506. The standard InChI is InChI=1S/C17H18ClFO3S/c1-12(2)22-17-6-4-3-5-14(17)11-23(20,21)10-13-7-8-15(19)9-16(13)18/h3-9,12H,10-11H2,1-2H3. The van der Waals surface area contributed by atoms with Crippen LogP contribution in [0.15, 0.2) is 42.5 Å². The van der Waals surface area contributed by atoms with Crippen molar-refractivity contribution >= 4 is 21.4 Å². The normalized spacial score (nSPS) is 11.7. The molecule has 0 atom stereocenters. The number of hydrogen-bond acceptors (Lipinski definition) is 3. The predicted molar refractivity (Wildman–Crippen MR) is 89.9 cm³/mol. The molecule has 0 heterocycles. The Morgan fingerprint density at radius 3 is 2.39 bits per heavy atom. The van der Waals surface area contributed by atoms with Gasteiger partial charge in [-0.05, 0) is 37.6 Å². The van der Waals surface area contributed by atoms with Gasteiger partial charge in [-0.2, -0.15) is 0 Å². The molecule has 0 spiro atoms. The summed E-state index contributed by atoms with van der Waals surface area (Å²) in [4.78, 5) is 0.